The standard InChI is InChI=1S/C14H19NO2/c1-11-5-4-6-12(9-11)10-15-13(16)14(17)7-2-3-8-14/h4-6,9,17H,2-3,7-8,10H2,1H3,(H,15,16). The third-order valence-electron chi connectivity index (χ3n) is 3.39. The van der Waals surface area contributed by atoms with Crippen molar-refractivity contribution < 1.29 is 9.90 Å². The van der Waals surface area contributed by atoms with E-state index in [-0.39, 0.29) is 5.91 Å². The van der Waals surface area contributed by atoms with E-state index in [0.29, 0.717) is 19.4 Å². The van der Waals surface area contributed by atoms with Gasteiger partial charge in [0.15, 0.2) is 0 Å². The van der Waals surface area contributed by atoms with Crippen LogP contribution in [0.5, 0.6) is 0 Å². The van der Waals surface area contributed by atoms with Crippen LogP contribution in [0.4, 0.5) is 0 Å². The smallest absolute Gasteiger partial charge is 0.252 e. The minimum Gasteiger partial charge on any atom is -0.380 e. The SMILES string of the molecule is Cc1cccc(CNC(=O)C2(O)CCCC2)c1. The molecule has 1 aromatic carbocycles. The zero-order valence-corrected chi connectivity index (χ0v) is 10.2. The number of hydrogen-bond acceptors (Lipinski definition) is 2. The largest absolute Gasteiger partial charge is 0.380 e. The number of hydrogen-bond donors (Lipinski definition) is 2. The number of nitrogens with one attached hydrogen (secondary N) is 1. The lowest BCUT2D eigenvalue weighted by Gasteiger charge is -2.20. The summed E-state index contributed by atoms with van der Waals surface area (Å²) in [4.78, 5) is 11.9. The van der Waals surface area contributed by atoms with Crippen molar-refractivity contribution in [2.75, 3.05) is 0 Å². The normalized spacial score (nSPS) is 18.0. The molecule has 17 heavy (non-hydrogen) atoms. The van der Waals surface area contributed by atoms with Crippen molar-refractivity contribution in [3.63, 3.8) is 0 Å². The molecule has 92 valence electrons. The Morgan fingerprint density at radius 1 is 1.41 bits per heavy atom. The molecule has 0 saturated heterocycles. The molecule has 1 aliphatic carbocycles. The highest BCUT2D eigenvalue weighted by atomic mass is 16.3. The molecule has 0 heterocycles. The summed E-state index contributed by atoms with van der Waals surface area (Å²) in [5, 5.41) is 12.9. The van der Waals surface area contributed by atoms with E-state index in [0.717, 1.165) is 18.4 Å². The van der Waals surface area contributed by atoms with Crippen LogP contribution < -0.4 is 5.32 Å². The first kappa shape index (κ1) is 12.1. The average Bonchev–Trinajstić information content (AvgIpc) is 2.74. The number of carbonyl (C=O) groups excluding carboxylic acids is 1. The van der Waals surface area contributed by atoms with Crippen molar-refractivity contribution in [2.45, 2.75) is 44.8 Å². The highest BCUT2D eigenvalue weighted by Gasteiger charge is 2.38. The van der Waals surface area contributed by atoms with Crippen LogP contribution >= 0.6 is 0 Å². The lowest BCUT2D eigenvalue weighted by Crippen LogP contribution is -2.44. The Balaban J connectivity index is 1.92. The fourth-order valence-corrected chi connectivity index (χ4v) is 2.36. The Kier molecular flexibility index (Phi) is 3.48. The van der Waals surface area contributed by atoms with E-state index in [1.54, 1.807) is 0 Å². The molecule has 2 N–H and O–H groups in total. The first-order valence-corrected chi connectivity index (χ1v) is 6.16. The summed E-state index contributed by atoms with van der Waals surface area (Å²) in [6, 6.07) is 8.02. The summed E-state index contributed by atoms with van der Waals surface area (Å²) in [6.07, 6.45) is 3.06. The van der Waals surface area contributed by atoms with Gasteiger partial charge in [0, 0.05) is 6.54 Å². The van der Waals surface area contributed by atoms with Gasteiger partial charge >= 0.3 is 0 Å². The third-order valence-corrected chi connectivity index (χ3v) is 3.39. The lowest BCUT2D eigenvalue weighted by atomic mass is 10.0. The topological polar surface area (TPSA) is 49.3 Å². The maximum atomic E-state index is 11.9. The van der Waals surface area contributed by atoms with Crippen molar-refractivity contribution in [2.24, 2.45) is 0 Å². The molecule has 1 aromatic rings. The van der Waals surface area contributed by atoms with Gasteiger partial charge in [-0.3, -0.25) is 4.79 Å². The number of aliphatic hydroxyl groups is 1. The second kappa shape index (κ2) is 4.88. The second-order valence-electron chi connectivity index (χ2n) is 4.91. The number of rotatable bonds is 3. The van der Waals surface area contributed by atoms with E-state index in [4.69, 9.17) is 0 Å². The minimum atomic E-state index is -1.12. The quantitative estimate of drug-likeness (QED) is 0.838. The van der Waals surface area contributed by atoms with Crippen molar-refractivity contribution in [1.82, 2.24) is 5.32 Å². The Labute approximate surface area is 102 Å². The Morgan fingerprint density at radius 3 is 2.76 bits per heavy atom. The Bertz CT molecular complexity index is 408. The molecule has 0 radical (unpaired) electrons. The number of amides is 1. The molecule has 0 aliphatic heterocycles. The summed E-state index contributed by atoms with van der Waals surface area (Å²) in [5.41, 5.74) is 1.13. The van der Waals surface area contributed by atoms with E-state index in [9.17, 15) is 9.90 Å². The maximum absolute atomic E-state index is 11.9. The molecule has 3 nitrogen and oxygen atoms in total. The molecular weight excluding hydrogens is 214 g/mol. The second-order valence-corrected chi connectivity index (χ2v) is 4.91. The van der Waals surface area contributed by atoms with Gasteiger partial charge in [0.25, 0.3) is 5.91 Å². The summed E-state index contributed by atoms with van der Waals surface area (Å²) < 4.78 is 0. The molecule has 2 rings (SSSR count). The number of benzene rings is 1. The van der Waals surface area contributed by atoms with E-state index in [1.807, 2.05) is 31.2 Å². The van der Waals surface area contributed by atoms with Crippen LogP contribution in [-0.2, 0) is 11.3 Å². The van der Waals surface area contributed by atoms with Crippen molar-refractivity contribution in [1.29, 1.82) is 0 Å². The zero-order valence-electron chi connectivity index (χ0n) is 10.2. The van der Waals surface area contributed by atoms with Gasteiger partial charge in [-0.15, -0.1) is 0 Å². The van der Waals surface area contributed by atoms with Gasteiger partial charge < -0.3 is 10.4 Å². The van der Waals surface area contributed by atoms with Crippen LogP contribution in [0.25, 0.3) is 0 Å². The van der Waals surface area contributed by atoms with Crippen molar-refractivity contribution in [3.8, 4) is 0 Å². The van der Waals surface area contributed by atoms with Crippen molar-refractivity contribution in [3.05, 3.63) is 35.4 Å². The molecule has 1 amide bonds. The van der Waals surface area contributed by atoms with Gasteiger partial charge in [-0.1, -0.05) is 29.8 Å². The van der Waals surface area contributed by atoms with Crippen LogP contribution in [0.3, 0.4) is 0 Å². The Hall–Kier alpha value is -1.35. The van der Waals surface area contributed by atoms with E-state index >= 15 is 0 Å². The molecule has 1 saturated carbocycles. The first-order chi connectivity index (χ1) is 8.10. The van der Waals surface area contributed by atoms with Crippen LogP contribution in [0.1, 0.15) is 36.8 Å². The van der Waals surface area contributed by atoms with Gasteiger partial charge in [0.2, 0.25) is 0 Å². The van der Waals surface area contributed by atoms with E-state index in [2.05, 4.69) is 5.32 Å². The number of carbonyl (C=O) groups is 1. The highest BCUT2D eigenvalue weighted by molar-refractivity contribution is 5.85. The summed E-state index contributed by atoms with van der Waals surface area (Å²) in [6.45, 7) is 2.51. The molecule has 0 unspecified atom stereocenters. The van der Waals surface area contributed by atoms with Crippen LogP contribution in [0.15, 0.2) is 24.3 Å². The minimum absolute atomic E-state index is 0.225. The predicted octanol–water partition coefficient (Wildman–Crippen LogP) is 1.92. The molecule has 3 heteroatoms. The zero-order chi connectivity index (χ0) is 12.3. The van der Waals surface area contributed by atoms with Gasteiger partial charge in [0.1, 0.15) is 5.60 Å². The predicted molar refractivity (Wildman–Crippen MR) is 66.4 cm³/mol. The van der Waals surface area contributed by atoms with Crippen molar-refractivity contribution >= 4 is 5.91 Å². The van der Waals surface area contributed by atoms with Gasteiger partial charge in [-0.2, -0.15) is 0 Å². The fourth-order valence-electron chi connectivity index (χ4n) is 2.36. The fraction of sp³-hybridized carbons (Fsp3) is 0.500. The molecule has 0 atom stereocenters. The molecule has 0 spiro atoms. The Morgan fingerprint density at radius 2 is 2.12 bits per heavy atom. The molecular formula is C14H19NO2. The summed E-state index contributed by atoms with van der Waals surface area (Å²) in [5.74, 6) is -0.225. The van der Waals surface area contributed by atoms with E-state index in [1.165, 1.54) is 5.56 Å². The molecule has 1 aliphatic rings. The molecule has 0 bridgehead atoms. The highest BCUT2D eigenvalue weighted by Crippen LogP contribution is 2.29. The molecule has 1 fully saturated rings. The number of aryl methyl sites for hydroxylation is 1. The summed E-state index contributed by atoms with van der Waals surface area (Å²) in [7, 11) is 0. The average molecular weight is 233 g/mol. The molecule has 0 aromatic heterocycles. The maximum Gasteiger partial charge on any atom is 0.252 e. The van der Waals surface area contributed by atoms with E-state index < -0.39 is 5.60 Å². The summed E-state index contributed by atoms with van der Waals surface area (Å²) >= 11 is 0. The lowest BCUT2D eigenvalue weighted by molar-refractivity contribution is -0.139. The van der Waals surface area contributed by atoms with Gasteiger partial charge in [-0.25, -0.2) is 0 Å². The van der Waals surface area contributed by atoms with Crippen LogP contribution in [0, 0.1) is 6.92 Å². The van der Waals surface area contributed by atoms with Gasteiger partial charge in [0.05, 0.1) is 0 Å². The van der Waals surface area contributed by atoms with Crippen LogP contribution in [0.2, 0.25) is 0 Å². The third kappa shape index (κ3) is 2.86. The monoisotopic (exact) mass is 233 g/mol. The van der Waals surface area contributed by atoms with Crippen LogP contribution in [-0.4, -0.2) is 16.6 Å². The first-order valence-electron chi connectivity index (χ1n) is 6.16. The van der Waals surface area contributed by atoms with Gasteiger partial charge in [-0.05, 0) is 38.2 Å².